The molecule has 0 aliphatic carbocycles. The lowest BCUT2D eigenvalue weighted by Crippen LogP contribution is -2.13. The van der Waals surface area contributed by atoms with Gasteiger partial charge in [-0.1, -0.05) is 34.7 Å². The molecule has 144 valence electrons. The molecule has 1 amide bonds. The Bertz CT molecular complexity index is 849. The van der Waals surface area contributed by atoms with Crippen LogP contribution in [0.15, 0.2) is 69.4 Å². The summed E-state index contributed by atoms with van der Waals surface area (Å²) in [5.74, 6) is -0.341. The van der Waals surface area contributed by atoms with E-state index in [2.05, 4.69) is 33.9 Å². The number of esters is 1. The molecule has 1 N–H and O–H groups in total. The van der Waals surface area contributed by atoms with Crippen LogP contribution in [-0.4, -0.2) is 19.0 Å². The highest BCUT2D eigenvalue weighted by Gasteiger charge is 2.07. The number of rotatable bonds is 7. The first-order valence-corrected chi connectivity index (χ1v) is 9.23. The number of allylic oxidation sites excluding steroid dienone is 3. The molecule has 1 heterocycles. The quantitative estimate of drug-likeness (QED) is 0.369. The highest BCUT2D eigenvalue weighted by atomic mass is 79.9. The zero-order valence-corrected chi connectivity index (χ0v) is 17.3. The summed E-state index contributed by atoms with van der Waals surface area (Å²) in [6, 6.07) is 6.01. The highest BCUT2D eigenvalue weighted by Crippen LogP contribution is 2.23. The zero-order chi connectivity index (χ0) is 20.2. The number of benzene rings is 1. The van der Waals surface area contributed by atoms with Crippen molar-refractivity contribution in [3.05, 3.63) is 70.6 Å². The summed E-state index contributed by atoms with van der Waals surface area (Å²) in [6.45, 7) is 9.54. The molecular weight excluding hydrogens is 410 g/mol. The highest BCUT2D eigenvalue weighted by molar-refractivity contribution is 9.10. The number of carbonyl (C=O) groups is 2. The third-order valence-corrected chi connectivity index (χ3v) is 4.00. The molecule has 0 spiro atoms. The fourth-order valence-electron chi connectivity index (χ4n) is 2.25. The lowest BCUT2D eigenvalue weighted by molar-refractivity contribution is -0.142. The molecule has 0 aliphatic heterocycles. The Labute approximate surface area is 167 Å². The number of carbonyl (C=O) groups excluding carboxylic acids is 2. The molecule has 0 fully saturated rings. The van der Waals surface area contributed by atoms with Gasteiger partial charge in [-0.15, -0.1) is 0 Å². The summed E-state index contributed by atoms with van der Waals surface area (Å²) >= 11 is 3.41. The van der Waals surface area contributed by atoms with E-state index >= 15 is 0 Å². The van der Waals surface area contributed by atoms with Crippen LogP contribution < -0.4 is 5.32 Å². The minimum Gasteiger partial charge on any atom is -0.466 e. The van der Waals surface area contributed by atoms with Gasteiger partial charge in [-0.3, -0.25) is 9.59 Å². The van der Waals surface area contributed by atoms with Crippen LogP contribution in [0.2, 0.25) is 0 Å². The second-order valence-corrected chi connectivity index (χ2v) is 6.36. The van der Waals surface area contributed by atoms with E-state index < -0.39 is 0 Å². The topological polar surface area (TPSA) is 68.5 Å². The van der Waals surface area contributed by atoms with Gasteiger partial charge in [0.1, 0.15) is 5.58 Å². The number of halogens is 1. The first kappa shape index (κ1) is 22.4. The Kier molecular flexibility index (Phi) is 9.90. The molecule has 5 nitrogen and oxygen atoms in total. The third kappa shape index (κ3) is 7.27. The molecule has 0 unspecified atom stereocenters. The number of nitrogens with one attached hydrogen (secondary N) is 1. The fourth-order valence-corrected chi connectivity index (χ4v) is 2.61. The van der Waals surface area contributed by atoms with Crippen molar-refractivity contribution in [3.63, 3.8) is 0 Å². The van der Waals surface area contributed by atoms with Gasteiger partial charge in [0.25, 0.3) is 0 Å². The van der Waals surface area contributed by atoms with Crippen molar-refractivity contribution >= 4 is 39.3 Å². The minimum atomic E-state index is -0.341. The van der Waals surface area contributed by atoms with Crippen molar-refractivity contribution in [2.75, 3.05) is 6.61 Å². The van der Waals surface area contributed by atoms with Crippen LogP contribution in [0.1, 0.15) is 25.8 Å². The van der Waals surface area contributed by atoms with E-state index in [0.29, 0.717) is 24.3 Å². The van der Waals surface area contributed by atoms with Gasteiger partial charge in [0, 0.05) is 15.6 Å². The van der Waals surface area contributed by atoms with E-state index in [-0.39, 0.29) is 12.4 Å². The van der Waals surface area contributed by atoms with E-state index in [1.54, 1.807) is 25.3 Å². The molecule has 0 saturated carbocycles. The molecule has 0 aliphatic rings. The molecule has 2 aromatic rings. The van der Waals surface area contributed by atoms with Crippen LogP contribution >= 0.6 is 15.9 Å². The Balaban J connectivity index is 0.000000285. The maximum absolute atomic E-state index is 11.3. The number of hydrogen-bond acceptors (Lipinski definition) is 4. The van der Waals surface area contributed by atoms with Gasteiger partial charge in [0.15, 0.2) is 0 Å². The van der Waals surface area contributed by atoms with Crippen LogP contribution in [0, 0.1) is 6.92 Å². The van der Waals surface area contributed by atoms with Crippen LogP contribution in [-0.2, 0) is 14.3 Å². The van der Waals surface area contributed by atoms with Crippen molar-refractivity contribution in [2.24, 2.45) is 0 Å². The number of amides is 1. The van der Waals surface area contributed by atoms with Gasteiger partial charge in [-0.2, -0.15) is 0 Å². The molecule has 6 heteroatoms. The average Bonchev–Trinajstić information content (AvgIpc) is 3.01. The zero-order valence-electron chi connectivity index (χ0n) is 15.8. The molecular formula is C21H24BrNO4. The summed E-state index contributed by atoms with van der Waals surface area (Å²) in [5, 5.41) is 3.70. The minimum absolute atomic E-state index is 0.0951. The lowest BCUT2D eigenvalue weighted by Gasteiger charge is -2.07. The molecule has 1 aromatic carbocycles. The second kappa shape index (κ2) is 11.9. The molecule has 0 saturated heterocycles. The molecule has 1 aromatic heterocycles. The van der Waals surface area contributed by atoms with Gasteiger partial charge in [0.05, 0.1) is 19.3 Å². The predicted octanol–water partition coefficient (Wildman–Crippen LogP) is 5.21. The van der Waals surface area contributed by atoms with Crippen molar-refractivity contribution < 1.29 is 18.7 Å². The molecule has 27 heavy (non-hydrogen) atoms. The molecule has 0 bridgehead atoms. The monoisotopic (exact) mass is 433 g/mol. The summed E-state index contributed by atoms with van der Waals surface area (Å²) in [7, 11) is 0. The second-order valence-electron chi connectivity index (χ2n) is 5.45. The maximum Gasteiger partial charge on any atom is 0.310 e. The van der Waals surface area contributed by atoms with E-state index in [1.807, 2.05) is 26.0 Å². The van der Waals surface area contributed by atoms with E-state index in [0.717, 1.165) is 10.1 Å². The summed E-state index contributed by atoms with van der Waals surface area (Å²) in [5.41, 5.74) is 3.32. The van der Waals surface area contributed by atoms with E-state index in [1.165, 1.54) is 17.0 Å². The predicted molar refractivity (Wildman–Crippen MR) is 111 cm³/mol. The number of fused-ring (bicyclic) bond motifs is 1. The van der Waals surface area contributed by atoms with Crippen molar-refractivity contribution in [1.29, 1.82) is 0 Å². The van der Waals surface area contributed by atoms with Crippen LogP contribution in [0.4, 0.5) is 0 Å². The average molecular weight is 434 g/mol. The number of ether oxygens (including phenoxy) is 1. The van der Waals surface area contributed by atoms with Crippen molar-refractivity contribution in [3.8, 4) is 0 Å². The van der Waals surface area contributed by atoms with Crippen LogP contribution in [0.5, 0.6) is 0 Å². The van der Waals surface area contributed by atoms with Gasteiger partial charge in [0.2, 0.25) is 6.41 Å². The Morgan fingerprint density at radius 1 is 1.41 bits per heavy atom. The van der Waals surface area contributed by atoms with Gasteiger partial charge >= 0.3 is 5.97 Å². The number of aryl methyl sites for hydroxylation is 1. The maximum atomic E-state index is 11.3. The number of furan rings is 1. The first-order chi connectivity index (χ1) is 13.0. The normalized spacial score (nSPS) is 11.4. The van der Waals surface area contributed by atoms with Crippen molar-refractivity contribution in [2.45, 2.75) is 27.2 Å². The van der Waals surface area contributed by atoms with Gasteiger partial charge in [-0.25, -0.2) is 0 Å². The molecule has 2 rings (SSSR count). The SMILES string of the molecule is C=C/C(CC(=O)OCC)=C(\C=C/C)NC=O.Cc1coc2ccc(Br)cc12. The Hall–Kier alpha value is -2.60. The largest absolute Gasteiger partial charge is 0.466 e. The smallest absolute Gasteiger partial charge is 0.310 e. The third-order valence-electron chi connectivity index (χ3n) is 3.51. The fraction of sp³-hybridized carbons (Fsp3) is 0.238. The Morgan fingerprint density at radius 2 is 2.15 bits per heavy atom. The lowest BCUT2D eigenvalue weighted by atomic mass is 10.1. The van der Waals surface area contributed by atoms with E-state index in [9.17, 15) is 9.59 Å². The standard InChI is InChI=1S/C12H17NO3.C9H7BrO/c1-4-7-11(13-9-14)10(5-2)8-12(15)16-6-3;1-6-5-11-9-3-2-7(10)4-8(6)9/h4-5,7,9H,2,6,8H2,1,3H3,(H,13,14);2-5H,1H3/b7-4-,11-10-;. The van der Waals surface area contributed by atoms with E-state index in [4.69, 9.17) is 9.15 Å². The summed E-state index contributed by atoms with van der Waals surface area (Å²) in [6.07, 6.45) is 7.42. The first-order valence-electron chi connectivity index (χ1n) is 8.44. The van der Waals surface area contributed by atoms with Crippen LogP contribution in [0.25, 0.3) is 11.0 Å². The summed E-state index contributed by atoms with van der Waals surface area (Å²) in [4.78, 5) is 21.7. The Morgan fingerprint density at radius 3 is 2.74 bits per heavy atom. The van der Waals surface area contributed by atoms with Gasteiger partial charge < -0.3 is 14.5 Å². The molecule has 0 atom stereocenters. The molecule has 0 radical (unpaired) electrons. The van der Waals surface area contributed by atoms with Gasteiger partial charge in [-0.05, 0) is 56.2 Å². The van der Waals surface area contributed by atoms with Crippen molar-refractivity contribution in [1.82, 2.24) is 5.32 Å². The van der Waals surface area contributed by atoms with Crippen LogP contribution in [0.3, 0.4) is 0 Å². The summed E-state index contributed by atoms with van der Waals surface area (Å²) < 4.78 is 11.2. The number of hydrogen-bond donors (Lipinski definition) is 1.